The first kappa shape index (κ1) is 35.6. The van der Waals surface area contributed by atoms with Gasteiger partial charge in [0.15, 0.2) is 12.4 Å². The summed E-state index contributed by atoms with van der Waals surface area (Å²) >= 11 is 0. The van der Waals surface area contributed by atoms with E-state index in [4.69, 9.17) is 6.58 Å². The van der Waals surface area contributed by atoms with E-state index in [0.29, 0.717) is 23.7 Å². The maximum absolute atomic E-state index is 5.19. The Morgan fingerprint density at radius 1 is 0.630 bits per heavy atom. The lowest BCUT2D eigenvalue weighted by Gasteiger charge is -2.33. The summed E-state index contributed by atoms with van der Waals surface area (Å²) in [4.78, 5) is 0. The highest BCUT2D eigenvalue weighted by Gasteiger charge is 2.48. The topological polar surface area (TPSA) is 7.76 Å². The second kappa shape index (κ2) is 14.2. The van der Waals surface area contributed by atoms with Crippen LogP contribution in [0.5, 0.6) is 0 Å². The van der Waals surface area contributed by atoms with Gasteiger partial charge in [-0.3, -0.25) is 0 Å². The van der Waals surface area contributed by atoms with Gasteiger partial charge in [-0.1, -0.05) is 126 Å². The van der Waals surface area contributed by atoms with Crippen LogP contribution in [0.4, 0.5) is 0 Å². The number of fused-ring (bicyclic) bond motifs is 9. The molecule has 4 atom stereocenters. The van der Waals surface area contributed by atoms with Crippen LogP contribution in [0.2, 0.25) is 19.6 Å². The Morgan fingerprint density at radius 2 is 1.24 bits per heavy atom. The van der Waals surface area contributed by atoms with Crippen molar-refractivity contribution in [1.82, 2.24) is 0 Å². The molecule has 4 aliphatic rings. The number of hydrogen-bond donors (Lipinski definition) is 0. The average molecular weight is 729 g/mol. The molecule has 2 fully saturated rings. The molecular formula is C51H60N2Si+2. The van der Waals surface area contributed by atoms with E-state index in [1.165, 1.54) is 107 Å². The molecule has 54 heavy (non-hydrogen) atoms. The quantitative estimate of drug-likeness (QED) is 0.121. The zero-order valence-corrected chi connectivity index (χ0v) is 34.5. The molecule has 2 aromatic heterocycles. The van der Waals surface area contributed by atoms with Gasteiger partial charge in [0.05, 0.1) is 14.0 Å². The number of rotatable bonds is 6. The average Bonchev–Trinajstić information content (AvgIpc) is 3.95. The van der Waals surface area contributed by atoms with E-state index < -0.39 is 8.07 Å². The highest BCUT2D eigenvalue weighted by molar-refractivity contribution is 6.89. The number of pyridine rings is 2. The fraction of sp³-hybridized carbons (Fsp3) is 0.412. The molecule has 0 radical (unpaired) electrons. The van der Waals surface area contributed by atoms with E-state index in [-0.39, 0.29) is 6.04 Å². The van der Waals surface area contributed by atoms with Gasteiger partial charge in [0.1, 0.15) is 0 Å². The number of hydrogen-bond acceptors (Lipinski definition) is 0. The molecule has 276 valence electrons. The van der Waals surface area contributed by atoms with Crippen molar-refractivity contribution in [3.8, 4) is 33.6 Å². The number of nitrogens with zero attached hydrogens (tertiary/aromatic N) is 2. The third-order valence-electron chi connectivity index (χ3n) is 14.3. The lowest BCUT2D eigenvalue weighted by atomic mass is 9.77. The van der Waals surface area contributed by atoms with E-state index in [9.17, 15) is 0 Å². The van der Waals surface area contributed by atoms with Crippen LogP contribution in [0.25, 0.3) is 39.3 Å². The predicted octanol–water partition coefficient (Wildman–Crippen LogP) is 12.2. The molecule has 0 N–H and O–H groups in total. The minimum absolute atomic E-state index is 0.108. The first-order valence-corrected chi connectivity index (χ1v) is 24.8. The SMILES string of the molecule is C=C1C2C(CCc3ccccc3-c3cc(-c4ccccc4)c(C(C)C4CCCC4)c[n+]31)c1ccccc1-c1cc(C(C)C3CCCC3)c([Si](C)(C)C)c[n+]12. The van der Waals surface area contributed by atoms with Gasteiger partial charge in [-0.05, 0) is 109 Å². The molecule has 2 nitrogen and oxygen atoms in total. The Hall–Kier alpha value is -4.08. The third kappa shape index (κ3) is 6.15. The third-order valence-corrected chi connectivity index (χ3v) is 16.4. The normalized spacial score (nSPS) is 21.2. The molecule has 2 aliphatic heterocycles. The minimum Gasteiger partial charge on any atom is -0.184 e. The summed E-state index contributed by atoms with van der Waals surface area (Å²) in [5.74, 6) is 2.86. The minimum atomic E-state index is -1.72. The monoisotopic (exact) mass is 728 g/mol. The summed E-state index contributed by atoms with van der Waals surface area (Å²) in [5.41, 5.74) is 15.3. The largest absolute Gasteiger partial charge is 0.249 e. The highest BCUT2D eigenvalue weighted by atomic mass is 28.3. The summed E-state index contributed by atoms with van der Waals surface area (Å²) < 4.78 is 5.30. The Morgan fingerprint density at radius 3 is 1.93 bits per heavy atom. The molecule has 4 unspecified atom stereocenters. The van der Waals surface area contributed by atoms with Crippen molar-refractivity contribution in [3.63, 3.8) is 0 Å². The predicted molar refractivity (Wildman–Crippen MR) is 229 cm³/mol. The van der Waals surface area contributed by atoms with Crippen LogP contribution in [0, 0.1) is 11.8 Å². The van der Waals surface area contributed by atoms with E-state index >= 15 is 0 Å². The molecule has 0 spiro atoms. The molecule has 2 saturated carbocycles. The van der Waals surface area contributed by atoms with Gasteiger partial charge >= 0.3 is 0 Å². The van der Waals surface area contributed by atoms with E-state index in [2.05, 4.69) is 146 Å². The Balaban J connectivity index is 1.30. The number of aromatic nitrogens is 2. The summed E-state index contributed by atoms with van der Waals surface area (Å²) in [7, 11) is -1.72. The van der Waals surface area contributed by atoms with Crippen molar-refractivity contribution in [2.45, 2.75) is 121 Å². The first-order chi connectivity index (χ1) is 26.2. The second-order valence-corrected chi connectivity index (χ2v) is 23.5. The van der Waals surface area contributed by atoms with Gasteiger partial charge in [-0.15, -0.1) is 0 Å². The van der Waals surface area contributed by atoms with Gasteiger partial charge in [-0.25, -0.2) is 0 Å². The first-order valence-electron chi connectivity index (χ1n) is 21.3. The van der Waals surface area contributed by atoms with Crippen molar-refractivity contribution >= 4 is 19.0 Å². The molecule has 9 rings (SSSR count). The second-order valence-electron chi connectivity index (χ2n) is 18.4. The summed E-state index contributed by atoms with van der Waals surface area (Å²) in [6.45, 7) is 17.9. The standard InChI is InChI=1S/C51H60N2Si/c1-34(37-18-10-11-19-37)45-30-49-43-27-17-16-26-42(43)44-29-28-40-24-14-15-25-41(40)48-31-46(39-22-8-7-9-23-39)47(35(2)38-20-12-13-21-38)32-52(48)36(3)51(44)53(49)33-50(45)54(4,5)6/h7-9,14-17,22-27,30-35,37-38,44,51H,3,10-13,18-21,28-29H2,1-2,4-6H3/q+2. The Labute approximate surface area is 326 Å². The molecule has 5 aromatic rings. The van der Waals surface area contributed by atoms with Crippen LogP contribution >= 0.6 is 0 Å². The molecule has 4 heterocycles. The van der Waals surface area contributed by atoms with Crippen LogP contribution in [-0.4, -0.2) is 8.07 Å². The number of aryl methyl sites for hydroxylation is 1. The van der Waals surface area contributed by atoms with Crippen LogP contribution < -0.4 is 14.3 Å². The maximum atomic E-state index is 5.19. The van der Waals surface area contributed by atoms with Crippen LogP contribution in [0.3, 0.4) is 0 Å². The zero-order chi connectivity index (χ0) is 37.1. The molecule has 3 aromatic carbocycles. The van der Waals surface area contributed by atoms with Gasteiger partial charge in [0.25, 0.3) is 0 Å². The fourth-order valence-corrected chi connectivity index (χ4v) is 13.0. The van der Waals surface area contributed by atoms with Gasteiger partial charge in [0, 0.05) is 34.0 Å². The maximum Gasteiger partial charge on any atom is 0.249 e. The van der Waals surface area contributed by atoms with Gasteiger partial charge in [0.2, 0.25) is 23.1 Å². The van der Waals surface area contributed by atoms with Gasteiger partial charge < -0.3 is 0 Å². The van der Waals surface area contributed by atoms with Crippen molar-refractivity contribution < 1.29 is 9.13 Å². The van der Waals surface area contributed by atoms with Crippen LogP contribution in [0.15, 0.2) is 110 Å². The lowest BCUT2D eigenvalue weighted by Crippen LogP contribution is -2.57. The van der Waals surface area contributed by atoms with Crippen molar-refractivity contribution in [3.05, 3.63) is 132 Å². The Bertz CT molecular complexity index is 2200. The molecule has 2 aliphatic carbocycles. The summed E-state index contributed by atoms with van der Waals surface area (Å²) in [6, 6.07) is 35.1. The number of allylic oxidation sites excluding steroid dienone is 1. The summed E-state index contributed by atoms with van der Waals surface area (Å²) in [6.07, 6.45) is 18.2. The zero-order valence-electron chi connectivity index (χ0n) is 33.5. The lowest BCUT2D eigenvalue weighted by molar-refractivity contribution is -0.726. The smallest absolute Gasteiger partial charge is 0.184 e. The van der Waals surface area contributed by atoms with Gasteiger partial charge in [-0.2, -0.15) is 9.13 Å². The van der Waals surface area contributed by atoms with Crippen LogP contribution in [0.1, 0.15) is 118 Å². The number of benzene rings is 3. The van der Waals surface area contributed by atoms with Crippen LogP contribution in [-0.2, 0) is 6.42 Å². The Kier molecular flexibility index (Phi) is 9.37. The van der Waals surface area contributed by atoms with E-state index in [1.807, 2.05) is 0 Å². The van der Waals surface area contributed by atoms with E-state index in [0.717, 1.165) is 18.8 Å². The fourth-order valence-electron chi connectivity index (χ4n) is 11.3. The van der Waals surface area contributed by atoms with Crippen molar-refractivity contribution in [2.75, 3.05) is 0 Å². The molecular weight excluding hydrogens is 669 g/mol. The molecule has 3 heteroatoms. The molecule has 0 amide bonds. The van der Waals surface area contributed by atoms with Crippen molar-refractivity contribution in [1.29, 1.82) is 0 Å². The highest BCUT2D eigenvalue weighted by Crippen LogP contribution is 2.47. The molecule has 0 bridgehead atoms. The summed E-state index contributed by atoms with van der Waals surface area (Å²) in [5, 5.41) is 1.64. The van der Waals surface area contributed by atoms with Crippen molar-refractivity contribution in [2.24, 2.45) is 11.8 Å². The van der Waals surface area contributed by atoms with E-state index in [1.54, 1.807) is 10.8 Å². The molecule has 0 saturated heterocycles.